The van der Waals surface area contributed by atoms with Gasteiger partial charge in [0.05, 0.1) is 0 Å². The number of carbonyl (C=O) groups excluding carboxylic acids is 1. The van der Waals surface area contributed by atoms with Crippen molar-refractivity contribution in [2.45, 2.75) is 37.7 Å². The van der Waals surface area contributed by atoms with Gasteiger partial charge in [-0.05, 0) is 37.3 Å². The van der Waals surface area contributed by atoms with Crippen LogP contribution >= 0.6 is 0 Å². The molecule has 92 valence electrons. The van der Waals surface area contributed by atoms with E-state index in [1.54, 1.807) is 0 Å². The quantitative estimate of drug-likeness (QED) is 0.880. The molecular formula is C13H14F2O2. The molecule has 0 aliphatic heterocycles. The molecule has 0 radical (unpaired) electrons. The van der Waals surface area contributed by atoms with Crippen LogP contribution in [0.25, 0.3) is 0 Å². The van der Waals surface area contributed by atoms with Gasteiger partial charge in [-0.15, -0.1) is 0 Å². The summed E-state index contributed by atoms with van der Waals surface area (Å²) in [5, 5.41) is 10.0. The lowest BCUT2D eigenvalue weighted by Crippen LogP contribution is -2.36. The van der Waals surface area contributed by atoms with Gasteiger partial charge in [0.25, 0.3) is 0 Å². The summed E-state index contributed by atoms with van der Waals surface area (Å²) in [4.78, 5) is 11.9. The third-order valence-corrected chi connectivity index (χ3v) is 3.32. The average Bonchev–Trinajstić information content (AvgIpc) is 2.71. The van der Waals surface area contributed by atoms with Gasteiger partial charge in [0, 0.05) is 12.5 Å². The Labute approximate surface area is 98.3 Å². The average molecular weight is 240 g/mol. The summed E-state index contributed by atoms with van der Waals surface area (Å²) in [7, 11) is 0. The van der Waals surface area contributed by atoms with Crippen LogP contribution in [0.2, 0.25) is 0 Å². The van der Waals surface area contributed by atoms with Crippen LogP contribution in [0.3, 0.4) is 0 Å². The topological polar surface area (TPSA) is 37.3 Å². The Balaban J connectivity index is 2.13. The Hall–Kier alpha value is -1.29. The Morgan fingerprint density at radius 3 is 2.53 bits per heavy atom. The molecule has 0 aromatic heterocycles. The van der Waals surface area contributed by atoms with Crippen LogP contribution in [0.4, 0.5) is 8.78 Å². The largest absolute Gasteiger partial charge is 0.382 e. The Morgan fingerprint density at radius 1 is 1.29 bits per heavy atom. The Kier molecular flexibility index (Phi) is 3.24. The van der Waals surface area contributed by atoms with Crippen molar-refractivity contribution in [3.8, 4) is 0 Å². The van der Waals surface area contributed by atoms with E-state index in [9.17, 15) is 18.7 Å². The molecule has 0 amide bonds. The van der Waals surface area contributed by atoms with Crippen molar-refractivity contribution in [3.63, 3.8) is 0 Å². The molecule has 2 rings (SSSR count). The highest BCUT2D eigenvalue weighted by Gasteiger charge is 2.38. The minimum atomic E-state index is -1.30. The predicted molar refractivity (Wildman–Crippen MR) is 58.5 cm³/mol. The zero-order valence-electron chi connectivity index (χ0n) is 9.38. The molecule has 1 aliphatic rings. The van der Waals surface area contributed by atoms with Gasteiger partial charge < -0.3 is 5.11 Å². The standard InChI is InChI=1S/C13H14F2O2/c14-10-4-3-9(11(15)8-10)7-12(16)13(17)5-1-2-6-13/h3-4,8,17H,1-2,5-7H2. The molecule has 1 N–H and O–H groups in total. The van der Waals surface area contributed by atoms with E-state index in [0.717, 1.165) is 25.0 Å². The molecule has 1 aliphatic carbocycles. The van der Waals surface area contributed by atoms with Gasteiger partial charge in [-0.25, -0.2) is 8.78 Å². The van der Waals surface area contributed by atoms with E-state index in [4.69, 9.17) is 0 Å². The minimum absolute atomic E-state index is 0.136. The maximum absolute atomic E-state index is 13.3. The van der Waals surface area contributed by atoms with Crippen LogP contribution < -0.4 is 0 Å². The fourth-order valence-electron chi connectivity index (χ4n) is 2.24. The number of Topliss-reactive ketones (excluding diaryl/α,β-unsaturated/α-hetero) is 1. The molecule has 0 bridgehead atoms. The summed E-state index contributed by atoms with van der Waals surface area (Å²) in [5.41, 5.74) is -1.17. The molecule has 1 fully saturated rings. The van der Waals surface area contributed by atoms with E-state index in [0.29, 0.717) is 12.8 Å². The third kappa shape index (κ3) is 2.52. The van der Waals surface area contributed by atoms with Gasteiger partial charge in [-0.3, -0.25) is 4.79 Å². The zero-order chi connectivity index (χ0) is 12.5. The van der Waals surface area contributed by atoms with Crippen molar-refractivity contribution in [2.24, 2.45) is 0 Å². The van der Waals surface area contributed by atoms with Gasteiger partial charge in [0.15, 0.2) is 5.78 Å². The third-order valence-electron chi connectivity index (χ3n) is 3.32. The van der Waals surface area contributed by atoms with E-state index in [1.807, 2.05) is 0 Å². The predicted octanol–water partition coefficient (Wildman–Crippen LogP) is 2.38. The normalized spacial score (nSPS) is 18.3. The number of aliphatic hydroxyl groups is 1. The Bertz CT molecular complexity index is 437. The van der Waals surface area contributed by atoms with Crippen molar-refractivity contribution in [1.29, 1.82) is 0 Å². The van der Waals surface area contributed by atoms with Crippen LogP contribution in [0.15, 0.2) is 18.2 Å². The number of hydrogen-bond acceptors (Lipinski definition) is 2. The maximum Gasteiger partial charge on any atom is 0.168 e. The van der Waals surface area contributed by atoms with E-state index in [2.05, 4.69) is 0 Å². The van der Waals surface area contributed by atoms with Crippen molar-refractivity contribution < 1.29 is 18.7 Å². The molecule has 0 unspecified atom stereocenters. The van der Waals surface area contributed by atoms with E-state index >= 15 is 0 Å². The van der Waals surface area contributed by atoms with Crippen LogP contribution in [0.5, 0.6) is 0 Å². The number of carbonyl (C=O) groups is 1. The fourth-order valence-corrected chi connectivity index (χ4v) is 2.24. The highest BCUT2D eigenvalue weighted by molar-refractivity contribution is 5.89. The minimum Gasteiger partial charge on any atom is -0.382 e. The molecule has 1 aromatic rings. The maximum atomic E-state index is 13.3. The number of benzene rings is 1. The lowest BCUT2D eigenvalue weighted by Gasteiger charge is -2.20. The first kappa shape index (κ1) is 12.2. The SMILES string of the molecule is O=C(Cc1ccc(F)cc1F)C1(O)CCCC1. The molecule has 0 spiro atoms. The molecule has 0 heterocycles. The van der Waals surface area contributed by atoms with Gasteiger partial charge in [-0.1, -0.05) is 6.07 Å². The lowest BCUT2D eigenvalue weighted by atomic mass is 9.92. The molecule has 1 saturated carbocycles. The van der Waals surface area contributed by atoms with Gasteiger partial charge in [0.1, 0.15) is 17.2 Å². The van der Waals surface area contributed by atoms with E-state index in [1.165, 1.54) is 6.07 Å². The first-order chi connectivity index (χ1) is 8.01. The van der Waals surface area contributed by atoms with Crippen LogP contribution in [-0.2, 0) is 11.2 Å². The van der Waals surface area contributed by atoms with Crippen molar-refractivity contribution in [3.05, 3.63) is 35.4 Å². The molecule has 4 heteroatoms. The molecule has 17 heavy (non-hydrogen) atoms. The monoisotopic (exact) mass is 240 g/mol. The summed E-state index contributed by atoms with van der Waals surface area (Å²) in [6, 6.07) is 3.12. The van der Waals surface area contributed by atoms with Gasteiger partial charge in [-0.2, -0.15) is 0 Å². The van der Waals surface area contributed by atoms with Crippen LogP contribution in [0.1, 0.15) is 31.2 Å². The van der Waals surface area contributed by atoms with Crippen LogP contribution in [0, 0.1) is 11.6 Å². The van der Waals surface area contributed by atoms with E-state index in [-0.39, 0.29) is 17.8 Å². The van der Waals surface area contributed by atoms with Crippen molar-refractivity contribution >= 4 is 5.78 Å². The first-order valence-corrected chi connectivity index (χ1v) is 5.71. The second-order valence-corrected chi connectivity index (χ2v) is 4.57. The molecule has 2 nitrogen and oxygen atoms in total. The Morgan fingerprint density at radius 2 is 1.94 bits per heavy atom. The number of rotatable bonds is 3. The van der Waals surface area contributed by atoms with Gasteiger partial charge in [0.2, 0.25) is 0 Å². The molecular weight excluding hydrogens is 226 g/mol. The van der Waals surface area contributed by atoms with Crippen LogP contribution in [-0.4, -0.2) is 16.5 Å². The van der Waals surface area contributed by atoms with E-state index < -0.39 is 17.2 Å². The summed E-state index contributed by atoms with van der Waals surface area (Å²) < 4.78 is 26.0. The number of hydrogen-bond donors (Lipinski definition) is 1. The molecule has 0 atom stereocenters. The first-order valence-electron chi connectivity index (χ1n) is 5.71. The molecule has 0 saturated heterocycles. The highest BCUT2D eigenvalue weighted by atomic mass is 19.1. The lowest BCUT2D eigenvalue weighted by molar-refractivity contribution is -0.136. The second kappa shape index (κ2) is 4.53. The molecule has 1 aromatic carbocycles. The summed E-state index contributed by atoms with van der Waals surface area (Å²) in [6.45, 7) is 0. The number of ketones is 1. The number of halogens is 2. The zero-order valence-corrected chi connectivity index (χ0v) is 9.38. The summed E-state index contributed by atoms with van der Waals surface area (Å²) >= 11 is 0. The highest BCUT2D eigenvalue weighted by Crippen LogP contribution is 2.31. The summed E-state index contributed by atoms with van der Waals surface area (Å²) in [6.07, 6.45) is 2.33. The smallest absolute Gasteiger partial charge is 0.168 e. The second-order valence-electron chi connectivity index (χ2n) is 4.57. The van der Waals surface area contributed by atoms with Gasteiger partial charge >= 0.3 is 0 Å². The van der Waals surface area contributed by atoms with Crippen molar-refractivity contribution in [2.75, 3.05) is 0 Å². The van der Waals surface area contributed by atoms with Crippen molar-refractivity contribution in [1.82, 2.24) is 0 Å². The summed E-state index contributed by atoms with van der Waals surface area (Å²) in [5.74, 6) is -1.78. The fraction of sp³-hybridized carbons (Fsp3) is 0.462.